The molecule has 0 aliphatic heterocycles. The van der Waals surface area contributed by atoms with E-state index < -0.39 is 13.4 Å². The molecule has 0 rings (SSSR count). The van der Waals surface area contributed by atoms with E-state index in [1.165, 1.54) is 0 Å². The van der Waals surface area contributed by atoms with Crippen LogP contribution < -0.4 is 8.38 Å². The normalized spacial score (nSPS) is 9.67. The van der Waals surface area contributed by atoms with Gasteiger partial charge < -0.3 is 0 Å². The van der Waals surface area contributed by atoms with Gasteiger partial charge in [-0.3, -0.25) is 0 Å². The second-order valence-corrected chi connectivity index (χ2v) is 2.12. The predicted octanol–water partition coefficient (Wildman–Crippen LogP) is -3.00. The smallest absolute Gasteiger partial charge is 2.00 e. The van der Waals surface area contributed by atoms with Crippen molar-refractivity contribution in [2.45, 2.75) is 0 Å². The summed E-state index contributed by atoms with van der Waals surface area (Å²) in [5.74, 6) is 0. The van der Waals surface area contributed by atoms with E-state index in [1.54, 1.807) is 0 Å². The molecule has 0 radical (unpaired) electrons. The minimum absolute atomic E-state index is 0. The minimum Gasteiger partial charge on any atom is 2.00 e. The molecule has 0 heterocycles. The fourth-order valence-corrected chi connectivity index (χ4v) is 0. The van der Waals surface area contributed by atoms with Crippen LogP contribution in [0.25, 0.3) is 0 Å². The monoisotopic (exact) mass is 234 g/mol. The largest absolute Gasteiger partial charge is 2.00 e. The molecule has 0 amide bonds. The van der Waals surface area contributed by atoms with Crippen molar-refractivity contribution in [1.82, 2.24) is 0 Å². The molecule has 0 unspecified atom stereocenters. The minimum atomic E-state index is -5.75. The van der Waals surface area contributed by atoms with Crippen LogP contribution in [-0.4, -0.2) is 13.4 Å². The molecule has 0 aliphatic carbocycles. The van der Waals surface area contributed by atoms with Crippen molar-refractivity contribution in [2.24, 2.45) is 0 Å². The molecule has 0 aromatic heterocycles. The first-order valence-electron chi connectivity index (χ1n) is 0.667. The second-order valence-electron chi connectivity index (χ2n) is 0.408. The SMILES string of the molecule is O=[Se](=O)([O-])[O-].[Zr+2]. The summed E-state index contributed by atoms with van der Waals surface area (Å²) in [6.07, 6.45) is 0. The molecule has 0 aromatic carbocycles. The first-order chi connectivity index (χ1) is 2.00. The topological polar surface area (TPSA) is 80.3 Å². The Bertz CT molecular complexity index is 90.7. The summed E-state index contributed by atoms with van der Waals surface area (Å²) in [6.45, 7) is 0. The van der Waals surface area contributed by atoms with Crippen LogP contribution in [0.5, 0.6) is 0 Å². The van der Waals surface area contributed by atoms with Crippen LogP contribution >= 0.6 is 0 Å². The first-order valence-corrected chi connectivity index (χ1v) is 3.46. The van der Waals surface area contributed by atoms with Crippen LogP contribution in [0.15, 0.2) is 0 Å². The van der Waals surface area contributed by atoms with Crippen LogP contribution in [0, 0.1) is 0 Å². The summed E-state index contributed by atoms with van der Waals surface area (Å²) in [5, 5.41) is 0. The number of hydrogen-bond donors (Lipinski definition) is 0. The number of hydrogen-bond acceptors (Lipinski definition) is 4. The van der Waals surface area contributed by atoms with E-state index in [2.05, 4.69) is 0 Å². The van der Waals surface area contributed by atoms with E-state index in [0.29, 0.717) is 0 Å². The number of rotatable bonds is 0. The van der Waals surface area contributed by atoms with E-state index in [0.717, 1.165) is 0 Å². The summed E-state index contributed by atoms with van der Waals surface area (Å²) in [4.78, 5) is 0. The van der Waals surface area contributed by atoms with Gasteiger partial charge in [0, 0.05) is 0 Å². The van der Waals surface area contributed by atoms with E-state index in [9.17, 15) is 0 Å². The molecule has 6 heavy (non-hydrogen) atoms. The third-order valence-electron chi connectivity index (χ3n) is 0. The average Bonchev–Trinajstić information content (AvgIpc) is 0.722. The molecule has 34 valence electrons. The molecule has 0 N–H and O–H groups in total. The van der Waals surface area contributed by atoms with Crippen LogP contribution in [0.3, 0.4) is 0 Å². The van der Waals surface area contributed by atoms with Gasteiger partial charge in [0.1, 0.15) is 0 Å². The third kappa shape index (κ3) is 89.0. The van der Waals surface area contributed by atoms with Gasteiger partial charge in [-0.1, -0.05) is 0 Å². The van der Waals surface area contributed by atoms with Crippen molar-refractivity contribution >= 4 is 13.4 Å². The van der Waals surface area contributed by atoms with Gasteiger partial charge in [-0.15, -0.1) is 0 Å². The van der Waals surface area contributed by atoms with Crippen molar-refractivity contribution in [3.8, 4) is 0 Å². The van der Waals surface area contributed by atoms with Crippen molar-refractivity contribution < 1.29 is 42.3 Å². The zero-order valence-electron chi connectivity index (χ0n) is 2.54. The van der Waals surface area contributed by atoms with E-state index in [4.69, 9.17) is 16.0 Å². The Morgan fingerprint density at radius 1 is 1.17 bits per heavy atom. The van der Waals surface area contributed by atoms with E-state index >= 15 is 0 Å². The van der Waals surface area contributed by atoms with E-state index in [1.807, 2.05) is 0 Å². The maximum Gasteiger partial charge on any atom is 2.00 e. The standard InChI is InChI=1S/H2O4Se.Zr/c1-5(2,3)4;/h(H2,1,2,3,4);/q;+2/p-2. The molecule has 6 heteroatoms. The van der Waals surface area contributed by atoms with E-state index in [-0.39, 0.29) is 26.2 Å². The molecule has 0 aromatic rings. The van der Waals surface area contributed by atoms with Crippen LogP contribution in [0.2, 0.25) is 0 Å². The maximum absolute atomic E-state index is 8.59. The van der Waals surface area contributed by atoms with Gasteiger partial charge in [-0.2, -0.15) is 0 Å². The summed E-state index contributed by atoms with van der Waals surface area (Å²) in [5.41, 5.74) is 0. The Hall–Kier alpha value is 0.923. The van der Waals surface area contributed by atoms with Gasteiger partial charge in [-0.05, 0) is 0 Å². The van der Waals surface area contributed by atoms with Crippen molar-refractivity contribution in [3.05, 3.63) is 0 Å². The van der Waals surface area contributed by atoms with Gasteiger partial charge in [0.15, 0.2) is 0 Å². The molecule has 4 nitrogen and oxygen atoms in total. The second kappa shape index (κ2) is 2.99. The molecular weight excluding hydrogens is 234 g/mol. The molecule has 0 saturated carbocycles. The molecule has 0 saturated heterocycles. The Morgan fingerprint density at radius 2 is 1.17 bits per heavy atom. The average molecular weight is 234 g/mol. The Kier molecular flexibility index (Phi) is 5.00. The molecule has 0 spiro atoms. The van der Waals surface area contributed by atoms with Gasteiger partial charge in [0.2, 0.25) is 0 Å². The fourth-order valence-electron chi connectivity index (χ4n) is 0. The van der Waals surface area contributed by atoms with Gasteiger partial charge in [-0.25, -0.2) is 0 Å². The van der Waals surface area contributed by atoms with Gasteiger partial charge >= 0.3 is 55.6 Å². The van der Waals surface area contributed by atoms with Gasteiger partial charge in [0.05, 0.1) is 0 Å². The Balaban J connectivity index is 0. The third-order valence-corrected chi connectivity index (χ3v) is 0. The summed E-state index contributed by atoms with van der Waals surface area (Å²) in [7, 11) is 0. The Labute approximate surface area is 55.6 Å². The summed E-state index contributed by atoms with van der Waals surface area (Å²) < 4.78 is 34.4. The zero-order chi connectivity index (χ0) is 4.50. The van der Waals surface area contributed by atoms with Crippen LogP contribution in [-0.2, 0) is 33.9 Å². The van der Waals surface area contributed by atoms with Crippen molar-refractivity contribution in [3.63, 3.8) is 0 Å². The summed E-state index contributed by atoms with van der Waals surface area (Å²) in [6, 6.07) is 0. The molecule has 0 bridgehead atoms. The van der Waals surface area contributed by atoms with Crippen molar-refractivity contribution in [1.29, 1.82) is 0 Å². The zero-order valence-corrected chi connectivity index (χ0v) is 6.71. The quantitative estimate of drug-likeness (QED) is 0.418. The molecule has 0 atom stereocenters. The predicted molar refractivity (Wildman–Crippen MR) is 7.13 cm³/mol. The summed E-state index contributed by atoms with van der Waals surface area (Å²) >= 11 is -5.75. The van der Waals surface area contributed by atoms with Crippen molar-refractivity contribution in [2.75, 3.05) is 0 Å². The van der Waals surface area contributed by atoms with Crippen LogP contribution in [0.4, 0.5) is 0 Å². The Morgan fingerprint density at radius 3 is 1.17 bits per heavy atom. The molecular formula is O4SeZr. The van der Waals surface area contributed by atoms with Gasteiger partial charge in [0.25, 0.3) is 0 Å². The molecule has 0 fully saturated rings. The maximum atomic E-state index is 8.59. The van der Waals surface area contributed by atoms with Crippen LogP contribution in [0.1, 0.15) is 0 Å². The molecule has 0 aliphatic rings. The first kappa shape index (κ1) is 10.0. The fraction of sp³-hybridized carbons (Fsp3) is 0.